The molecule has 2 rings (SSSR count). The molecule has 7 heteroatoms. The largest absolute Gasteiger partial charge is 1.00 e. The average Bonchev–Trinajstić information content (AvgIpc) is 2.40. The van der Waals surface area contributed by atoms with E-state index in [0.717, 1.165) is 31.7 Å². The molecule has 0 N–H and O–H groups in total. The van der Waals surface area contributed by atoms with Crippen molar-refractivity contribution >= 4 is 12.4 Å². The van der Waals surface area contributed by atoms with Crippen molar-refractivity contribution in [3.05, 3.63) is 18.2 Å². The van der Waals surface area contributed by atoms with E-state index in [9.17, 15) is 12.9 Å². The Morgan fingerprint density at radius 1 is 1.10 bits per heavy atom. The van der Waals surface area contributed by atoms with Crippen LogP contribution in [-0.4, -0.2) is 20.2 Å². The van der Waals surface area contributed by atoms with Gasteiger partial charge in [-0.2, -0.15) is 0 Å². The molecule has 1 fully saturated rings. The summed E-state index contributed by atoms with van der Waals surface area (Å²) >= 11 is 0. The molecule has 0 aromatic heterocycles. The van der Waals surface area contributed by atoms with E-state index in [4.69, 9.17) is 9.47 Å². The van der Waals surface area contributed by atoms with Gasteiger partial charge in [-0.05, 0) is 49.8 Å². The molecule has 1 aliphatic rings. The Hall–Kier alpha value is 0.311. The summed E-state index contributed by atoms with van der Waals surface area (Å²) in [7, 11) is 1.35. The maximum absolute atomic E-state index is 13.1. The van der Waals surface area contributed by atoms with E-state index in [2.05, 4.69) is 6.92 Å². The van der Waals surface area contributed by atoms with E-state index in [1.54, 1.807) is 0 Å². The number of methoxy groups -OCH3 is 1. The van der Waals surface area contributed by atoms with Gasteiger partial charge in [-0.15, -0.1) is 0 Å². The second kappa shape index (κ2) is 8.24. The molecule has 1 aromatic rings. The van der Waals surface area contributed by atoms with Crippen LogP contribution in [0.4, 0.5) is 12.9 Å². The molecule has 21 heavy (non-hydrogen) atoms. The zero-order valence-corrected chi connectivity index (χ0v) is 15.9. The molecule has 0 bridgehead atoms. The molecule has 0 amide bonds. The fraction of sp³-hybridized carbons (Fsp3) is 0.571. The van der Waals surface area contributed by atoms with Gasteiger partial charge in [0.2, 0.25) is 0 Å². The first-order valence-corrected chi connectivity index (χ1v) is 6.94. The third-order valence-corrected chi connectivity index (χ3v) is 3.83. The second-order valence-electron chi connectivity index (χ2n) is 5.48. The van der Waals surface area contributed by atoms with Gasteiger partial charge in [-0.3, -0.25) is 0 Å². The smallest absolute Gasteiger partial charge is 0.497 e. The number of ether oxygens (including phenoxy) is 2. The SMILES string of the molecule is COc1ccc(OC2CCC(C)CC2)c([B-](F)(F)F)c1.[K+]. The van der Waals surface area contributed by atoms with Gasteiger partial charge in [0, 0.05) is 0 Å². The van der Waals surface area contributed by atoms with Gasteiger partial charge in [0.25, 0.3) is 0 Å². The van der Waals surface area contributed by atoms with Crippen molar-refractivity contribution in [1.29, 1.82) is 0 Å². The van der Waals surface area contributed by atoms with E-state index in [0.29, 0.717) is 5.92 Å². The van der Waals surface area contributed by atoms with Crippen LogP contribution in [0.3, 0.4) is 0 Å². The summed E-state index contributed by atoms with van der Waals surface area (Å²) in [5.74, 6) is 0.763. The summed E-state index contributed by atoms with van der Waals surface area (Å²) in [4.78, 5) is 0. The second-order valence-corrected chi connectivity index (χ2v) is 5.48. The van der Waals surface area contributed by atoms with E-state index in [-0.39, 0.29) is 69.0 Å². The predicted molar refractivity (Wildman–Crippen MR) is 73.8 cm³/mol. The summed E-state index contributed by atoms with van der Waals surface area (Å²) in [5.41, 5.74) is -0.706. The molecule has 1 aliphatic carbocycles. The maximum Gasteiger partial charge on any atom is 1.00 e. The van der Waals surface area contributed by atoms with Gasteiger partial charge in [0.05, 0.1) is 19.0 Å². The molecule has 112 valence electrons. The third-order valence-electron chi connectivity index (χ3n) is 3.83. The average molecular weight is 326 g/mol. The van der Waals surface area contributed by atoms with Gasteiger partial charge in [0.15, 0.2) is 0 Å². The Balaban J connectivity index is 0.00000220. The summed E-state index contributed by atoms with van der Waals surface area (Å²) in [5, 5.41) is 0. The van der Waals surface area contributed by atoms with Gasteiger partial charge in [-0.1, -0.05) is 12.4 Å². The van der Waals surface area contributed by atoms with E-state index < -0.39 is 12.4 Å². The third kappa shape index (κ3) is 5.46. The molecule has 2 nitrogen and oxygen atoms in total. The Labute approximate surface area is 166 Å². The van der Waals surface area contributed by atoms with Gasteiger partial charge >= 0.3 is 58.4 Å². The standard InChI is InChI=1S/C14H19BF3O2.K/c1-10-3-5-11(6-4-10)20-14-8-7-12(19-2)9-13(14)15(16,17)18;/h7-11H,3-6H2,1-2H3;/q-1;+1. The number of rotatable bonds is 4. The molecule has 0 spiro atoms. The minimum atomic E-state index is -5.11. The monoisotopic (exact) mass is 326 g/mol. The normalized spacial score (nSPS) is 22.3. The zero-order valence-electron chi connectivity index (χ0n) is 12.7. The maximum atomic E-state index is 13.1. The Morgan fingerprint density at radius 2 is 1.71 bits per heavy atom. The van der Waals surface area contributed by atoms with Crippen molar-refractivity contribution in [2.45, 2.75) is 38.7 Å². The first-order valence-electron chi connectivity index (χ1n) is 6.94. The fourth-order valence-corrected chi connectivity index (χ4v) is 2.54. The molecule has 0 unspecified atom stereocenters. The Bertz CT molecular complexity index is 460. The topological polar surface area (TPSA) is 18.5 Å². The van der Waals surface area contributed by atoms with Crippen LogP contribution in [0.2, 0.25) is 0 Å². The van der Waals surface area contributed by atoms with Crippen molar-refractivity contribution in [2.75, 3.05) is 7.11 Å². The molecule has 0 heterocycles. The summed E-state index contributed by atoms with van der Waals surface area (Å²) in [6.07, 6.45) is 3.53. The van der Waals surface area contributed by atoms with Crippen LogP contribution in [0.5, 0.6) is 11.5 Å². The minimum Gasteiger partial charge on any atom is -0.497 e. The fourth-order valence-electron chi connectivity index (χ4n) is 2.54. The van der Waals surface area contributed by atoms with Crippen LogP contribution >= 0.6 is 0 Å². The molecule has 0 radical (unpaired) electrons. The van der Waals surface area contributed by atoms with E-state index in [1.165, 1.54) is 19.2 Å². The van der Waals surface area contributed by atoms with Crippen molar-refractivity contribution in [3.63, 3.8) is 0 Å². The number of halogens is 3. The first-order chi connectivity index (χ1) is 9.40. The van der Waals surface area contributed by atoms with Crippen LogP contribution in [-0.2, 0) is 0 Å². The molecule has 0 saturated heterocycles. The van der Waals surface area contributed by atoms with Crippen LogP contribution in [0.1, 0.15) is 32.6 Å². The summed E-state index contributed by atoms with van der Waals surface area (Å²) in [6, 6.07) is 3.88. The van der Waals surface area contributed by atoms with Crippen LogP contribution in [0.25, 0.3) is 0 Å². The molecule has 0 atom stereocenters. The quantitative estimate of drug-likeness (QED) is 0.759. The first kappa shape index (κ1) is 19.4. The summed E-state index contributed by atoms with van der Waals surface area (Å²) < 4.78 is 49.8. The van der Waals surface area contributed by atoms with E-state index in [1.807, 2.05) is 0 Å². The van der Waals surface area contributed by atoms with Crippen molar-refractivity contribution in [1.82, 2.24) is 0 Å². The van der Waals surface area contributed by atoms with Crippen LogP contribution < -0.4 is 66.3 Å². The summed E-state index contributed by atoms with van der Waals surface area (Å²) in [6.45, 7) is -2.95. The van der Waals surface area contributed by atoms with Crippen molar-refractivity contribution in [2.24, 2.45) is 5.92 Å². The van der Waals surface area contributed by atoms with E-state index >= 15 is 0 Å². The molecular formula is C14H19BF3KO2. The van der Waals surface area contributed by atoms with Crippen molar-refractivity contribution < 1.29 is 73.8 Å². The number of hydrogen-bond acceptors (Lipinski definition) is 2. The van der Waals surface area contributed by atoms with Gasteiger partial charge in [-0.25, -0.2) is 0 Å². The van der Waals surface area contributed by atoms with Gasteiger partial charge in [0.1, 0.15) is 5.75 Å². The molecule has 1 saturated carbocycles. The van der Waals surface area contributed by atoms with Crippen molar-refractivity contribution in [3.8, 4) is 11.5 Å². The van der Waals surface area contributed by atoms with Crippen LogP contribution in [0.15, 0.2) is 18.2 Å². The Morgan fingerprint density at radius 3 is 2.24 bits per heavy atom. The Kier molecular flexibility index (Phi) is 7.60. The van der Waals surface area contributed by atoms with Crippen LogP contribution in [0, 0.1) is 5.92 Å². The molecule has 1 aromatic carbocycles. The molecular weight excluding hydrogens is 307 g/mol. The van der Waals surface area contributed by atoms with Gasteiger partial charge < -0.3 is 22.4 Å². The number of benzene rings is 1. The predicted octanol–water partition coefficient (Wildman–Crippen LogP) is 0.711. The molecule has 0 aliphatic heterocycles. The number of hydrogen-bond donors (Lipinski definition) is 0. The zero-order chi connectivity index (χ0) is 14.8. The minimum absolute atomic E-state index is 0.